The molecule has 180 valence electrons. The zero-order valence-electron chi connectivity index (χ0n) is 19.9. The molecule has 2 saturated heterocycles. The van der Waals surface area contributed by atoms with Crippen LogP contribution in [-0.2, 0) is 4.74 Å². The van der Waals surface area contributed by atoms with Crippen LogP contribution in [0.3, 0.4) is 0 Å². The molecular weight excluding hydrogens is 450 g/mol. The topological polar surface area (TPSA) is 59.8 Å². The molecule has 2 unspecified atom stereocenters. The summed E-state index contributed by atoms with van der Waals surface area (Å²) in [6, 6.07) is 24.5. The van der Waals surface area contributed by atoms with Gasteiger partial charge in [-0.1, -0.05) is 66.7 Å². The molecule has 2 bridgehead atoms. The van der Waals surface area contributed by atoms with Crippen LogP contribution >= 0.6 is 0 Å². The molecule has 0 saturated carbocycles. The SMILES string of the molecule is O=C(c1coc2ccccc12)C1CC2CCC(C1)N2C(=O)OCC1c2ccccc2-c2ccccc21. The van der Waals surface area contributed by atoms with Gasteiger partial charge in [-0.05, 0) is 54.0 Å². The van der Waals surface area contributed by atoms with Crippen LogP contribution in [0, 0.1) is 5.92 Å². The van der Waals surface area contributed by atoms with Gasteiger partial charge in [0.05, 0.1) is 5.56 Å². The molecule has 5 nitrogen and oxygen atoms in total. The number of carbonyl (C=O) groups excluding carboxylic acids is 2. The highest BCUT2D eigenvalue weighted by Gasteiger charge is 2.46. The molecule has 2 fully saturated rings. The van der Waals surface area contributed by atoms with Crippen molar-refractivity contribution in [2.24, 2.45) is 5.92 Å². The summed E-state index contributed by atoms with van der Waals surface area (Å²) in [5, 5.41) is 0.869. The minimum atomic E-state index is -0.246. The van der Waals surface area contributed by atoms with E-state index in [0.717, 1.165) is 23.8 Å². The van der Waals surface area contributed by atoms with Crippen LogP contribution in [0.2, 0.25) is 0 Å². The molecule has 0 N–H and O–H groups in total. The third-order valence-electron chi connectivity index (χ3n) is 8.40. The van der Waals surface area contributed by atoms with E-state index in [1.165, 1.54) is 22.3 Å². The van der Waals surface area contributed by atoms with Crippen LogP contribution < -0.4 is 0 Å². The number of benzene rings is 3. The lowest BCUT2D eigenvalue weighted by molar-refractivity contribution is 0.0506. The average Bonchev–Trinajstić information content (AvgIpc) is 3.57. The Morgan fingerprint density at radius 2 is 1.44 bits per heavy atom. The van der Waals surface area contributed by atoms with E-state index in [0.29, 0.717) is 25.0 Å². The van der Waals surface area contributed by atoms with Crippen molar-refractivity contribution >= 4 is 22.8 Å². The zero-order chi connectivity index (χ0) is 24.2. The molecule has 36 heavy (non-hydrogen) atoms. The fourth-order valence-electron chi connectivity index (χ4n) is 6.75. The largest absolute Gasteiger partial charge is 0.464 e. The summed E-state index contributed by atoms with van der Waals surface area (Å²) in [7, 11) is 0. The lowest BCUT2D eigenvalue weighted by Gasteiger charge is -2.37. The Labute approximate surface area is 209 Å². The summed E-state index contributed by atoms with van der Waals surface area (Å²) in [4.78, 5) is 28.7. The average molecular weight is 478 g/mol. The summed E-state index contributed by atoms with van der Waals surface area (Å²) in [5.74, 6) is 0.0812. The number of piperidine rings is 1. The van der Waals surface area contributed by atoms with Gasteiger partial charge in [-0.3, -0.25) is 4.79 Å². The molecule has 7 rings (SSSR count). The summed E-state index contributed by atoms with van der Waals surface area (Å²) < 4.78 is 11.6. The number of hydrogen-bond acceptors (Lipinski definition) is 4. The Morgan fingerprint density at radius 1 is 0.833 bits per heavy atom. The molecule has 1 aliphatic carbocycles. The Morgan fingerprint density at radius 3 is 2.14 bits per heavy atom. The second kappa shape index (κ2) is 8.37. The van der Waals surface area contributed by atoms with Crippen LogP contribution in [0.1, 0.15) is 53.1 Å². The molecule has 4 aromatic rings. The van der Waals surface area contributed by atoms with Gasteiger partial charge in [0, 0.05) is 29.3 Å². The number of carbonyl (C=O) groups is 2. The molecule has 2 aliphatic heterocycles. The first-order chi connectivity index (χ1) is 17.7. The van der Waals surface area contributed by atoms with Crippen LogP contribution in [-0.4, -0.2) is 35.5 Å². The maximum atomic E-state index is 13.4. The minimum absolute atomic E-state index is 0.0477. The van der Waals surface area contributed by atoms with Crippen LogP contribution in [0.5, 0.6) is 0 Å². The zero-order valence-corrected chi connectivity index (χ0v) is 19.9. The Kier molecular flexibility index (Phi) is 4.98. The number of rotatable bonds is 4. The highest BCUT2D eigenvalue weighted by Crippen LogP contribution is 2.45. The number of furan rings is 1. The van der Waals surface area contributed by atoms with Gasteiger partial charge in [-0.2, -0.15) is 0 Å². The van der Waals surface area contributed by atoms with Crippen LogP contribution in [0.4, 0.5) is 4.79 Å². The summed E-state index contributed by atoms with van der Waals surface area (Å²) in [5.41, 5.74) is 6.27. The molecule has 0 spiro atoms. The van der Waals surface area contributed by atoms with Gasteiger partial charge in [0.1, 0.15) is 18.5 Å². The van der Waals surface area contributed by atoms with Crippen molar-refractivity contribution in [1.29, 1.82) is 0 Å². The molecule has 3 heterocycles. The van der Waals surface area contributed by atoms with Crippen molar-refractivity contribution in [2.75, 3.05) is 6.61 Å². The third-order valence-corrected chi connectivity index (χ3v) is 8.40. The van der Waals surface area contributed by atoms with Crippen LogP contribution in [0.15, 0.2) is 83.5 Å². The van der Waals surface area contributed by atoms with Gasteiger partial charge in [-0.25, -0.2) is 4.79 Å². The highest BCUT2D eigenvalue weighted by atomic mass is 16.6. The molecule has 1 aromatic heterocycles. The molecule has 2 atom stereocenters. The van der Waals surface area contributed by atoms with Crippen molar-refractivity contribution in [2.45, 2.75) is 43.7 Å². The van der Waals surface area contributed by atoms with Crippen LogP contribution in [0.25, 0.3) is 22.1 Å². The number of amides is 1. The van der Waals surface area contributed by atoms with Gasteiger partial charge in [0.2, 0.25) is 0 Å². The standard InChI is InChI=1S/C31H27NO4/c33-30(28-18-35-29-12-6-5-11-26(28)29)19-15-20-13-14-21(16-19)32(20)31(34)36-17-27-24-9-3-1-7-22(24)23-8-2-4-10-25(23)27/h1-12,18-21,27H,13-17H2. The number of fused-ring (bicyclic) bond motifs is 6. The lowest BCUT2D eigenvalue weighted by atomic mass is 9.85. The van der Waals surface area contributed by atoms with E-state index in [1.54, 1.807) is 6.26 Å². The smallest absolute Gasteiger partial charge is 0.410 e. The molecule has 5 heteroatoms. The van der Waals surface area contributed by atoms with E-state index >= 15 is 0 Å². The number of hydrogen-bond donors (Lipinski definition) is 0. The molecule has 0 radical (unpaired) electrons. The first-order valence-corrected chi connectivity index (χ1v) is 12.8. The van der Waals surface area contributed by atoms with E-state index in [9.17, 15) is 9.59 Å². The summed E-state index contributed by atoms with van der Waals surface area (Å²) in [6.07, 6.45) is 4.55. The third kappa shape index (κ3) is 3.29. The predicted molar refractivity (Wildman–Crippen MR) is 137 cm³/mol. The number of ether oxygens (including phenoxy) is 1. The number of Topliss-reactive ketones (excluding diaryl/α,β-unsaturated/α-hetero) is 1. The quantitative estimate of drug-likeness (QED) is 0.303. The van der Waals surface area contributed by atoms with Gasteiger partial charge in [0.15, 0.2) is 5.78 Å². The summed E-state index contributed by atoms with van der Waals surface area (Å²) in [6.45, 7) is 0.326. The maximum absolute atomic E-state index is 13.4. The predicted octanol–water partition coefficient (Wildman–Crippen LogP) is 6.81. The minimum Gasteiger partial charge on any atom is -0.464 e. The Hall–Kier alpha value is -3.86. The second-order valence-corrected chi connectivity index (χ2v) is 10.3. The number of nitrogens with zero attached hydrogens (tertiary/aromatic N) is 1. The highest BCUT2D eigenvalue weighted by molar-refractivity contribution is 6.08. The van der Waals surface area contributed by atoms with Crippen molar-refractivity contribution in [3.8, 4) is 11.1 Å². The van der Waals surface area contributed by atoms with E-state index in [2.05, 4.69) is 36.4 Å². The fraction of sp³-hybridized carbons (Fsp3) is 0.290. The van der Waals surface area contributed by atoms with Gasteiger partial charge < -0.3 is 14.1 Å². The second-order valence-electron chi connectivity index (χ2n) is 10.3. The Balaban J connectivity index is 1.06. The van der Waals surface area contributed by atoms with Gasteiger partial charge in [-0.15, -0.1) is 0 Å². The van der Waals surface area contributed by atoms with Gasteiger partial charge >= 0.3 is 6.09 Å². The molecule has 3 aromatic carbocycles. The normalized spacial score (nSPS) is 22.4. The first kappa shape index (κ1) is 21.4. The number of para-hydroxylation sites is 1. The van der Waals surface area contributed by atoms with Crippen molar-refractivity contribution in [3.63, 3.8) is 0 Å². The van der Waals surface area contributed by atoms with E-state index in [1.807, 2.05) is 41.3 Å². The maximum Gasteiger partial charge on any atom is 0.410 e. The number of ketones is 1. The monoisotopic (exact) mass is 477 g/mol. The van der Waals surface area contributed by atoms with Crippen molar-refractivity contribution in [1.82, 2.24) is 4.90 Å². The van der Waals surface area contributed by atoms with E-state index in [4.69, 9.17) is 9.15 Å². The van der Waals surface area contributed by atoms with E-state index < -0.39 is 0 Å². The fourth-order valence-corrected chi connectivity index (χ4v) is 6.75. The van der Waals surface area contributed by atoms with Crippen molar-refractivity contribution in [3.05, 3.63) is 95.7 Å². The summed E-state index contributed by atoms with van der Waals surface area (Å²) >= 11 is 0. The first-order valence-electron chi connectivity index (χ1n) is 12.8. The lowest BCUT2D eigenvalue weighted by Crippen LogP contribution is -2.48. The Bertz CT molecular complexity index is 1430. The van der Waals surface area contributed by atoms with Gasteiger partial charge in [0.25, 0.3) is 0 Å². The molecular formula is C31H27NO4. The molecule has 3 aliphatic rings. The molecule has 1 amide bonds. The van der Waals surface area contributed by atoms with Crippen molar-refractivity contribution < 1.29 is 18.7 Å². The van der Waals surface area contributed by atoms with E-state index in [-0.39, 0.29) is 35.8 Å².